The molecular weight excluding hydrogens is 272 g/mol. The highest BCUT2D eigenvalue weighted by Crippen LogP contribution is 2.14. The van der Waals surface area contributed by atoms with Gasteiger partial charge >= 0.3 is 0 Å². The number of aromatic nitrogens is 2. The zero-order chi connectivity index (χ0) is 12.1. The standard InChI is InChI=1S/C10H15BrN4O/c1-7(10(16)12-2)5-15(3)9-4-8(11)13-6-14-9/h4,6-7H,5H2,1-3H3,(H,12,16). The summed E-state index contributed by atoms with van der Waals surface area (Å²) in [4.78, 5) is 21.4. The largest absolute Gasteiger partial charge is 0.359 e. The number of nitrogens with zero attached hydrogens (tertiary/aromatic N) is 3. The van der Waals surface area contributed by atoms with Crippen LogP contribution in [-0.4, -0.2) is 36.5 Å². The summed E-state index contributed by atoms with van der Waals surface area (Å²) >= 11 is 3.28. The number of carbonyl (C=O) groups excluding carboxylic acids is 1. The molecule has 88 valence electrons. The van der Waals surface area contributed by atoms with Crippen LogP contribution in [-0.2, 0) is 4.79 Å². The van der Waals surface area contributed by atoms with E-state index in [0.29, 0.717) is 6.54 Å². The molecule has 1 amide bonds. The molecule has 1 aromatic rings. The maximum absolute atomic E-state index is 11.4. The Morgan fingerprint density at radius 1 is 1.62 bits per heavy atom. The second-order valence-corrected chi connectivity index (χ2v) is 4.41. The number of nitrogens with one attached hydrogen (secondary N) is 1. The molecule has 0 bridgehead atoms. The SMILES string of the molecule is CNC(=O)C(C)CN(C)c1cc(Br)ncn1. The molecule has 1 aromatic heterocycles. The molecule has 5 nitrogen and oxygen atoms in total. The van der Waals surface area contributed by atoms with Gasteiger partial charge in [-0.1, -0.05) is 6.92 Å². The Balaban J connectivity index is 2.65. The van der Waals surface area contributed by atoms with Gasteiger partial charge in [0.15, 0.2) is 0 Å². The van der Waals surface area contributed by atoms with Gasteiger partial charge in [0, 0.05) is 26.7 Å². The van der Waals surface area contributed by atoms with Crippen LogP contribution >= 0.6 is 15.9 Å². The third-order valence-electron chi connectivity index (χ3n) is 2.25. The summed E-state index contributed by atoms with van der Waals surface area (Å²) < 4.78 is 0.733. The van der Waals surface area contributed by atoms with Crippen molar-refractivity contribution in [1.29, 1.82) is 0 Å². The summed E-state index contributed by atoms with van der Waals surface area (Å²) in [5, 5.41) is 2.63. The second kappa shape index (κ2) is 5.79. The van der Waals surface area contributed by atoms with Crippen LogP contribution in [0.1, 0.15) is 6.92 Å². The average Bonchev–Trinajstić information content (AvgIpc) is 2.27. The van der Waals surface area contributed by atoms with E-state index >= 15 is 0 Å². The van der Waals surface area contributed by atoms with Crippen molar-refractivity contribution in [2.45, 2.75) is 6.92 Å². The van der Waals surface area contributed by atoms with Crippen molar-refractivity contribution in [2.24, 2.45) is 5.92 Å². The molecule has 0 aromatic carbocycles. The van der Waals surface area contributed by atoms with E-state index in [0.717, 1.165) is 10.4 Å². The summed E-state index contributed by atoms with van der Waals surface area (Å²) in [5.74, 6) is 0.737. The summed E-state index contributed by atoms with van der Waals surface area (Å²) in [6.07, 6.45) is 1.49. The van der Waals surface area contributed by atoms with Gasteiger partial charge in [-0.15, -0.1) is 0 Å². The van der Waals surface area contributed by atoms with Crippen LogP contribution in [0.15, 0.2) is 17.0 Å². The fourth-order valence-electron chi connectivity index (χ4n) is 1.37. The van der Waals surface area contributed by atoms with Gasteiger partial charge in [0.2, 0.25) is 5.91 Å². The molecule has 1 rings (SSSR count). The van der Waals surface area contributed by atoms with E-state index in [1.165, 1.54) is 6.33 Å². The lowest BCUT2D eigenvalue weighted by Gasteiger charge is -2.21. The Labute approximate surface area is 103 Å². The number of rotatable bonds is 4. The smallest absolute Gasteiger partial charge is 0.224 e. The van der Waals surface area contributed by atoms with Crippen molar-refractivity contribution >= 4 is 27.7 Å². The van der Waals surface area contributed by atoms with E-state index in [-0.39, 0.29) is 11.8 Å². The highest BCUT2D eigenvalue weighted by atomic mass is 79.9. The van der Waals surface area contributed by atoms with E-state index in [9.17, 15) is 4.79 Å². The summed E-state index contributed by atoms with van der Waals surface area (Å²) in [6, 6.07) is 1.82. The van der Waals surface area contributed by atoms with Crippen molar-refractivity contribution in [1.82, 2.24) is 15.3 Å². The maximum atomic E-state index is 11.4. The Hall–Kier alpha value is -1.17. The van der Waals surface area contributed by atoms with E-state index in [1.807, 2.05) is 24.9 Å². The fourth-order valence-corrected chi connectivity index (χ4v) is 1.66. The van der Waals surface area contributed by atoms with Gasteiger partial charge < -0.3 is 10.2 Å². The van der Waals surface area contributed by atoms with Gasteiger partial charge in [0.1, 0.15) is 16.7 Å². The molecule has 0 saturated carbocycles. The molecular formula is C10H15BrN4O. The van der Waals surface area contributed by atoms with Crippen molar-refractivity contribution in [2.75, 3.05) is 25.5 Å². The lowest BCUT2D eigenvalue weighted by molar-refractivity contribution is -0.123. The number of amides is 1. The van der Waals surface area contributed by atoms with E-state index in [4.69, 9.17) is 0 Å². The Bertz CT molecular complexity index is 372. The van der Waals surface area contributed by atoms with Crippen LogP contribution in [0.3, 0.4) is 0 Å². The van der Waals surface area contributed by atoms with Crippen molar-refractivity contribution < 1.29 is 4.79 Å². The third kappa shape index (κ3) is 3.44. The van der Waals surface area contributed by atoms with Crippen LogP contribution in [0.2, 0.25) is 0 Å². The minimum atomic E-state index is -0.0799. The first-order valence-electron chi connectivity index (χ1n) is 4.95. The van der Waals surface area contributed by atoms with Crippen LogP contribution in [0.5, 0.6) is 0 Å². The van der Waals surface area contributed by atoms with Gasteiger partial charge in [-0.3, -0.25) is 4.79 Å². The summed E-state index contributed by atoms with van der Waals surface area (Å²) in [7, 11) is 3.54. The fraction of sp³-hybridized carbons (Fsp3) is 0.500. The van der Waals surface area contributed by atoms with Crippen LogP contribution in [0.4, 0.5) is 5.82 Å². The van der Waals surface area contributed by atoms with Crippen molar-refractivity contribution in [3.63, 3.8) is 0 Å². The molecule has 0 saturated heterocycles. The third-order valence-corrected chi connectivity index (χ3v) is 2.69. The average molecular weight is 287 g/mol. The zero-order valence-electron chi connectivity index (χ0n) is 9.57. The molecule has 0 aliphatic carbocycles. The minimum Gasteiger partial charge on any atom is -0.359 e. The van der Waals surface area contributed by atoms with E-state index < -0.39 is 0 Å². The molecule has 1 N–H and O–H groups in total. The van der Waals surface area contributed by atoms with Gasteiger partial charge in [0.05, 0.1) is 5.92 Å². The summed E-state index contributed by atoms with van der Waals surface area (Å²) in [6.45, 7) is 2.49. The molecule has 1 unspecified atom stereocenters. The first-order valence-corrected chi connectivity index (χ1v) is 5.74. The first kappa shape index (κ1) is 12.9. The number of carbonyl (C=O) groups is 1. The minimum absolute atomic E-state index is 0.0278. The maximum Gasteiger partial charge on any atom is 0.224 e. The molecule has 0 radical (unpaired) electrons. The van der Waals surface area contributed by atoms with Gasteiger partial charge in [0.25, 0.3) is 0 Å². The van der Waals surface area contributed by atoms with Crippen LogP contribution < -0.4 is 10.2 Å². The second-order valence-electron chi connectivity index (χ2n) is 3.59. The number of halogens is 1. The number of anilines is 1. The van der Waals surface area contributed by atoms with Crippen LogP contribution in [0, 0.1) is 5.92 Å². The Morgan fingerprint density at radius 3 is 2.88 bits per heavy atom. The molecule has 6 heteroatoms. The predicted molar refractivity (Wildman–Crippen MR) is 66.2 cm³/mol. The monoisotopic (exact) mass is 286 g/mol. The molecule has 1 heterocycles. The Kier molecular flexibility index (Phi) is 4.67. The van der Waals surface area contributed by atoms with Crippen molar-refractivity contribution in [3.8, 4) is 0 Å². The van der Waals surface area contributed by atoms with Gasteiger partial charge in [-0.05, 0) is 15.9 Å². The Morgan fingerprint density at radius 2 is 2.31 bits per heavy atom. The molecule has 0 fully saturated rings. The number of hydrogen-bond acceptors (Lipinski definition) is 4. The quantitative estimate of drug-likeness (QED) is 0.841. The number of hydrogen-bond donors (Lipinski definition) is 1. The molecule has 1 atom stereocenters. The van der Waals surface area contributed by atoms with Crippen LogP contribution in [0.25, 0.3) is 0 Å². The van der Waals surface area contributed by atoms with Gasteiger partial charge in [-0.25, -0.2) is 9.97 Å². The molecule has 0 spiro atoms. The van der Waals surface area contributed by atoms with E-state index in [2.05, 4.69) is 31.2 Å². The molecule has 16 heavy (non-hydrogen) atoms. The first-order chi connectivity index (χ1) is 7.54. The highest BCUT2D eigenvalue weighted by molar-refractivity contribution is 9.10. The van der Waals surface area contributed by atoms with E-state index in [1.54, 1.807) is 7.05 Å². The topological polar surface area (TPSA) is 58.1 Å². The lowest BCUT2D eigenvalue weighted by atomic mass is 10.1. The van der Waals surface area contributed by atoms with Gasteiger partial charge in [-0.2, -0.15) is 0 Å². The zero-order valence-corrected chi connectivity index (χ0v) is 11.2. The predicted octanol–water partition coefficient (Wildman–Crippen LogP) is 1.06. The lowest BCUT2D eigenvalue weighted by Crippen LogP contribution is -2.34. The molecule has 0 aliphatic heterocycles. The molecule has 0 aliphatic rings. The summed E-state index contributed by atoms with van der Waals surface area (Å²) in [5.41, 5.74) is 0. The highest BCUT2D eigenvalue weighted by Gasteiger charge is 2.14. The van der Waals surface area contributed by atoms with Crippen molar-refractivity contribution in [3.05, 3.63) is 17.0 Å². The normalized spacial score (nSPS) is 12.0.